The van der Waals surface area contributed by atoms with Crippen molar-refractivity contribution in [3.05, 3.63) is 0 Å². The van der Waals surface area contributed by atoms with Crippen molar-refractivity contribution in [3.8, 4) is 0 Å². The molecule has 3 rings (SSSR count). The highest BCUT2D eigenvalue weighted by Crippen LogP contribution is 2.50. The lowest BCUT2D eigenvalue weighted by Gasteiger charge is -2.28. The van der Waals surface area contributed by atoms with Crippen LogP contribution >= 0.6 is 0 Å². The Morgan fingerprint density at radius 1 is 1.30 bits per heavy atom. The summed E-state index contributed by atoms with van der Waals surface area (Å²) in [5.74, 6) is 1.16. The maximum absolute atomic E-state index is 13.0. The molecule has 2 heterocycles. The van der Waals surface area contributed by atoms with Crippen molar-refractivity contribution in [1.82, 2.24) is 13.5 Å². The average Bonchev–Trinajstić information content (AvgIpc) is 3.14. The van der Waals surface area contributed by atoms with E-state index >= 15 is 0 Å². The lowest BCUT2D eigenvalue weighted by Crippen LogP contribution is -2.47. The molecule has 0 radical (unpaired) electrons. The van der Waals surface area contributed by atoms with Crippen LogP contribution in [0.25, 0.3) is 0 Å². The van der Waals surface area contributed by atoms with E-state index in [0.717, 1.165) is 25.1 Å². The van der Waals surface area contributed by atoms with E-state index in [0.29, 0.717) is 19.6 Å². The number of hydrogen-bond acceptors (Lipinski definition) is 4. The van der Waals surface area contributed by atoms with Crippen molar-refractivity contribution in [2.45, 2.75) is 38.6 Å². The van der Waals surface area contributed by atoms with E-state index in [1.165, 1.54) is 8.61 Å². The molecule has 2 aliphatic heterocycles. The van der Waals surface area contributed by atoms with Crippen LogP contribution in [0.15, 0.2) is 4.99 Å². The van der Waals surface area contributed by atoms with Gasteiger partial charge in [-0.1, -0.05) is 6.92 Å². The molecule has 0 aromatic rings. The van der Waals surface area contributed by atoms with Crippen LogP contribution in [0.5, 0.6) is 0 Å². The first kappa shape index (κ1) is 16.9. The Labute approximate surface area is 138 Å². The van der Waals surface area contributed by atoms with Crippen molar-refractivity contribution in [1.29, 1.82) is 0 Å². The lowest BCUT2D eigenvalue weighted by molar-refractivity contribution is -0.132. The maximum Gasteiger partial charge on any atom is 0.281 e. The molecule has 23 heavy (non-hydrogen) atoms. The Morgan fingerprint density at radius 3 is 2.52 bits per heavy atom. The summed E-state index contributed by atoms with van der Waals surface area (Å²) in [5, 5.41) is 0. The molecular weight excluding hydrogens is 316 g/mol. The van der Waals surface area contributed by atoms with Gasteiger partial charge < -0.3 is 0 Å². The number of nitrogens with zero attached hydrogens (tertiary/aromatic N) is 4. The van der Waals surface area contributed by atoms with E-state index in [1.54, 1.807) is 19.0 Å². The molecule has 0 N–H and O–H groups in total. The second-order valence-corrected chi connectivity index (χ2v) is 9.01. The molecule has 130 valence electrons. The van der Waals surface area contributed by atoms with Gasteiger partial charge in [0.2, 0.25) is 0 Å². The van der Waals surface area contributed by atoms with Gasteiger partial charge in [0.1, 0.15) is 11.4 Å². The molecule has 0 aromatic heterocycles. The molecule has 1 saturated heterocycles. The predicted molar refractivity (Wildman–Crippen MR) is 88.2 cm³/mol. The smallest absolute Gasteiger partial charge is 0.281 e. The van der Waals surface area contributed by atoms with Gasteiger partial charge in [-0.15, -0.1) is 0 Å². The number of amides is 1. The molecule has 1 amide bonds. The zero-order valence-electron chi connectivity index (χ0n) is 14.3. The normalized spacial score (nSPS) is 34.7. The van der Waals surface area contributed by atoms with Gasteiger partial charge in [0.15, 0.2) is 0 Å². The van der Waals surface area contributed by atoms with E-state index in [4.69, 9.17) is 4.99 Å². The van der Waals surface area contributed by atoms with Gasteiger partial charge in [0.25, 0.3) is 16.1 Å². The minimum atomic E-state index is -3.43. The quantitative estimate of drug-likeness (QED) is 0.749. The van der Waals surface area contributed by atoms with Gasteiger partial charge in [-0.25, -0.2) is 0 Å². The standard InChI is InChI=1S/C15H26N4O3S/c1-5-13-16-15(14(20)19(13)6-2)8-7-11-9-18(10-12(11)15)23(21,22)17(3)4/h11-12H,5-10H2,1-4H3/t11-,12+,15-/m1/s1. The van der Waals surface area contributed by atoms with Crippen LogP contribution in [0, 0.1) is 11.8 Å². The Kier molecular flexibility index (Phi) is 4.05. The monoisotopic (exact) mass is 342 g/mol. The van der Waals surface area contributed by atoms with E-state index in [-0.39, 0.29) is 17.7 Å². The summed E-state index contributed by atoms with van der Waals surface area (Å²) in [6.45, 7) is 5.51. The highest BCUT2D eigenvalue weighted by Gasteiger charge is 2.61. The van der Waals surface area contributed by atoms with Gasteiger partial charge >= 0.3 is 0 Å². The highest BCUT2D eigenvalue weighted by molar-refractivity contribution is 7.86. The summed E-state index contributed by atoms with van der Waals surface area (Å²) >= 11 is 0. The molecular formula is C15H26N4O3S. The summed E-state index contributed by atoms with van der Waals surface area (Å²) in [6, 6.07) is 0. The first-order valence-corrected chi connectivity index (χ1v) is 9.76. The molecule has 0 aromatic carbocycles. The van der Waals surface area contributed by atoms with Crippen molar-refractivity contribution >= 4 is 22.0 Å². The van der Waals surface area contributed by atoms with Crippen LogP contribution in [0.3, 0.4) is 0 Å². The van der Waals surface area contributed by atoms with Gasteiger partial charge in [0.05, 0.1) is 0 Å². The number of carbonyl (C=O) groups excluding carboxylic acids is 1. The fourth-order valence-electron chi connectivity index (χ4n) is 4.37. The Hall–Kier alpha value is -0.990. The van der Waals surface area contributed by atoms with Crippen LogP contribution in [0.2, 0.25) is 0 Å². The number of likely N-dealkylation sites (N-methyl/N-ethyl adjacent to an activating group) is 1. The number of hydrogen-bond donors (Lipinski definition) is 0. The number of aliphatic imine (C=N–C) groups is 1. The highest BCUT2D eigenvalue weighted by atomic mass is 32.2. The molecule has 0 bridgehead atoms. The summed E-state index contributed by atoms with van der Waals surface area (Å²) < 4.78 is 27.6. The molecule has 3 aliphatic rings. The van der Waals surface area contributed by atoms with Crippen LogP contribution in [0.4, 0.5) is 0 Å². The number of amidine groups is 1. The van der Waals surface area contributed by atoms with Gasteiger partial charge in [0, 0.05) is 46.1 Å². The van der Waals surface area contributed by atoms with Gasteiger partial charge in [-0.05, 0) is 25.7 Å². The molecule has 1 spiro atoms. The topological polar surface area (TPSA) is 73.3 Å². The van der Waals surface area contributed by atoms with Crippen LogP contribution in [0.1, 0.15) is 33.1 Å². The predicted octanol–water partition coefficient (Wildman–Crippen LogP) is 0.544. The van der Waals surface area contributed by atoms with E-state index < -0.39 is 15.7 Å². The van der Waals surface area contributed by atoms with Gasteiger partial charge in [-0.3, -0.25) is 14.7 Å². The van der Waals surface area contributed by atoms with Crippen LogP contribution < -0.4 is 0 Å². The largest absolute Gasteiger partial charge is 0.299 e. The Balaban J connectivity index is 1.91. The third kappa shape index (κ3) is 2.26. The summed E-state index contributed by atoms with van der Waals surface area (Å²) in [4.78, 5) is 19.6. The third-order valence-corrected chi connectivity index (χ3v) is 7.47. The van der Waals surface area contributed by atoms with Crippen LogP contribution in [-0.4, -0.2) is 72.9 Å². The summed E-state index contributed by atoms with van der Waals surface area (Å²) in [5.41, 5.74) is -0.720. The molecule has 2 fully saturated rings. The summed E-state index contributed by atoms with van der Waals surface area (Å²) in [7, 11) is -0.332. The zero-order valence-corrected chi connectivity index (χ0v) is 15.1. The van der Waals surface area contributed by atoms with E-state index in [2.05, 4.69) is 0 Å². The van der Waals surface area contributed by atoms with Crippen molar-refractivity contribution < 1.29 is 13.2 Å². The number of carbonyl (C=O) groups is 1. The SMILES string of the molecule is CCC1=N[C@@]2(CC[C@@H]3CN(S(=O)(=O)N(C)C)C[C@@H]32)C(=O)N1CC. The molecule has 1 saturated carbocycles. The average molecular weight is 342 g/mol. The first-order valence-electron chi connectivity index (χ1n) is 8.36. The molecule has 8 heteroatoms. The fraction of sp³-hybridized carbons (Fsp3) is 0.867. The van der Waals surface area contributed by atoms with Crippen molar-refractivity contribution in [2.75, 3.05) is 33.7 Å². The zero-order chi connectivity index (χ0) is 17.0. The Morgan fingerprint density at radius 2 is 2.00 bits per heavy atom. The minimum absolute atomic E-state index is 0.00262. The van der Waals surface area contributed by atoms with Crippen molar-refractivity contribution in [3.63, 3.8) is 0 Å². The molecule has 7 nitrogen and oxygen atoms in total. The second-order valence-electron chi connectivity index (χ2n) is 6.87. The summed E-state index contributed by atoms with van der Waals surface area (Å²) in [6.07, 6.45) is 2.35. The lowest BCUT2D eigenvalue weighted by atomic mass is 9.85. The van der Waals surface area contributed by atoms with Crippen molar-refractivity contribution in [2.24, 2.45) is 16.8 Å². The molecule has 3 atom stereocenters. The van der Waals surface area contributed by atoms with E-state index in [1.807, 2.05) is 13.8 Å². The molecule has 0 unspecified atom stereocenters. The number of fused-ring (bicyclic) bond motifs is 2. The third-order valence-electron chi connectivity index (χ3n) is 5.59. The van der Waals surface area contributed by atoms with Gasteiger partial charge in [-0.2, -0.15) is 17.0 Å². The fourth-order valence-corrected chi connectivity index (χ4v) is 5.56. The maximum atomic E-state index is 13.0. The van der Waals surface area contributed by atoms with E-state index in [9.17, 15) is 13.2 Å². The Bertz CT molecular complexity index is 645. The van der Waals surface area contributed by atoms with Crippen LogP contribution in [-0.2, 0) is 15.0 Å². The minimum Gasteiger partial charge on any atom is -0.299 e. The molecule has 1 aliphatic carbocycles. The first-order chi connectivity index (χ1) is 10.8. The second kappa shape index (κ2) is 5.53. The number of rotatable bonds is 4.